The molecule has 1 aromatic heterocycles. The number of hydrogen-bond acceptors (Lipinski definition) is 4. The van der Waals surface area contributed by atoms with Crippen molar-refractivity contribution in [1.29, 1.82) is 0 Å². The first-order valence-electron chi connectivity index (χ1n) is 7.66. The van der Waals surface area contributed by atoms with Crippen LogP contribution in [0.2, 0.25) is 0 Å². The van der Waals surface area contributed by atoms with Crippen LogP contribution in [0.5, 0.6) is 0 Å². The van der Waals surface area contributed by atoms with E-state index in [2.05, 4.69) is 51.9 Å². The molecule has 1 atom stereocenters. The molecule has 1 saturated heterocycles. The molecule has 0 aliphatic carbocycles. The van der Waals surface area contributed by atoms with Gasteiger partial charge < -0.3 is 10.2 Å². The summed E-state index contributed by atoms with van der Waals surface area (Å²) in [4.78, 5) is 16.6. The molecule has 1 aliphatic heterocycles. The maximum absolute atomic E-state index is 12.0. The number of rotatable bonds is 4. The van der Waals surface area contributed by atoms with Gasteiger partial charge in [-0.15, -0.1) is 0 Å². The Balaban J connectivity index is 2.07. The number of nitrogens with one attached hydrogen (secondary N) is 1. The maximum atomic E-state index is 12.0. The quantitative estimate of drug-likeness (QED) is 0.882. The van der Waals surface area contributed by atoms with Gasteiger partial charge in [-0.3, -0.25) is 14.4 Å². The Morgan fingerprint density at radius 2 is 2.19 bits per heavy atom. The Labute approximate surface area is 127 Å². The third kappa shape index (κ3) is 4.04. The fourth-order valence-corrected chi connectivity index (χ4v) is 2.91. The van der Waals surface area contributed by atoms with Crippen molar-refractivity contribution in [2.24, 2.45) is 5.92 Å². The lowest BCUT2D eigenvalue weighted by molar-refractivity contribution is -0.125. The van der Waals surface area contributed by atoms with E-state index < -0.39 is 0 Å². The van der Waals surface area contributed by atoms with Crippen molar-refractivity contribution < 1.29 is 4.79 Å². The number of amides is 1. The Morgan fingerprint density at radius 1 is 1.43 bits per heavy atom. The monoisotopic (exact) mass is 293 g/mol. The summed E-state index contributed by atoms with van der Waals surface area (Å²) >= 11 is 0. The topological polar surface area (TPSA) is 53.4 Å². The van der Waals surface area contributed by atoms with Crippen molar-refractivity contribution in [3.63, 3.8) is 0 Å². The summed E-state index contributed by atoms with van der Waals surface area (Å²) in [7, 11) is 3.79. The molecule has 1 N–H and O–H groups in total. The molecule has 1 aromatic rings. The minimum Gasteiger partial charge on any atom is -0.359 e. The van der Waals surface area contributed by atoms with Gasteiger partial charge in [0.2, 0.25) is 5.91 Å². The van der Waals surface area contributed by atoms with E-state index in [1.165, 1.54) is 5.69 Å². The molecular formula is C15H27N5O. The van der Waals surface area contributed by atoms with E-state index in [0.717, 1.165) is 32.7 Å². The predicted octanol–water partition coefficient (Wildman–Crippen LogP) is 0.574. The third-order valence-electron chi connectivity index (χ3n) is 4.05. The van der Waals surface area contributed by atoms with Gasteiger partial charge in [0.1, 0.15) is 0 Å². The smallest absolute Gasteiger partial charge is 0.225 e. The molecule has 1 aliphatic rings. The summed E-state index contributed by atoms with van der Waals surface area (Å²) in [5, 5.41) is 7.17. The van der Waals surface area contributed by atoms with Crippen LogP contribution in [-0.4, -0.2) is 65.8 Å². The average Bonchev–Trinajstić information content (AvgIpc) is 2.83. The van der Waals surface area contributed by atoms with Gasteiger partial charge in [0, 0.05) is 52.0 Å². The van der Waals surface area contributed by atoms with Crippen LogP contribution in [-0.2, 0) is 11.3 Å². The zero-order valence-corrected chi connectivity index (χ0v) is 13.5. The number of carbonyl (C=O) groups is 1. The molecule has 0 spiro atoms. The van der Waals surface area contributed by atoms with Crippen molar-refractivity contribution in [2.75, 3.05) is 40.3 Å². The van der Waals surface area contributed by atoms with Gasteiger partial charge in [0.25, 0.3) is 0 Å². The normalized spacial score (nSPS) is 21.5. The van der Waals surface area contributed by atoms with Gasteiger partial charge in [-0.05, 0) is 27.0 Å². The summed E-state index contributed by atoms with van der Waals surface area (Å²) in [6, 6.07) is 2.43. The number of aromatic nitrogens is 2. The molecule has 1 amide bonds. The van der Waals surface area contributed by atoms with Crippen molar-refractivity contribution in [2.45, 2.75) is 26.4 Å². The zero-order chi connectivity index (χ0) is 15.4. The van der Waals surface area contributed by atoms with Gasteiger partial charge >= 0.3 is 0 Å². The molecule has 118 valence electrons. The summed E-state index contributed by atoms with van der Waals surface area (Å²) < 4.78 is 2.06. The van der Waals surface area contributed by atoms with Crippen LogP contribution < -0.4 is 5.32 Å². The van der Waals surface area contributed by atoms with Crippen LogP contribution in [0.15, 0.2) is 12.3 Å². The highest BCUT2D eigenvalue weighted by atomic mass is 16.1. The summed E-state index contributed by atoms with van der Waals surface area (Å²) in [5.41, 5.74) is 1.21. The van der Waals surface area contributed by atoms with Crippen LogP contribution >= 0.6 is 0 Å². The molecule has 2 rings (SSSR count). The van der Waals surface area contributed by atoms with Crippen LogP contribution in [0.4, 0.5) is 0 Å². The summed E-state index contributed by atoms with van der Waals surface area (Å²) in [6.45, 7) is 8.71. The number of carbonyl (C=O) groups excluding carboxylic acids is 1. The van der Waals surface area contributed by atoms with Crippen LogP contribution in [0, 0.1) is 5.92 Å². The van der Waals surface area contributed by atoms with Crippen molar-refractivity contribution in [3.8, 4) is 0 Å². The highest BCUT2D eigenvalue weighted by Gasteiger charge is 2.26. The standard InChI is InChI=1S/C15H27N5O/c1-12(2)20-14(5-6-17-20)11-19-8-7-18(4)9-13(10-19)15(21)16-3/h5-6,12-13H,7-11H2,1-4H3,(H,16,21)/t13-/m1/s1. The first-order chi connectivity index (χ1) is 10.0. The molecule has 0 saturated carbocycles. The number of likely N-dealkylation sites (N-methyl/N-ethyl adjacent to an activating group) is 1. The fraction of sp³-hybridized carbons (Fsp3) is 0.733. The lowest BCUT2D eigenvalue weighted by Crippen LogP contribution is -2.39. The van der Waals surface area contributed by atoms with E-state index in [1.807, 2.05) is 6.20 Å². The van der Waals surface area contributed by atoms with Crippen LogP contribution in [0.3, 0.4) is 0 Å². The molecule has 0 bridgehead atoms. The lowest BCUT2D eigenvalue weighted by atomic mass is 10.1. The molecule has 6 heteroatoms. The van der Waals surface area contributed by atoms with Gasteiger partial charge in [0.15, 0.2) is 0 Å². The van der Waals surface area contributed by atoms with Gasteiger partial charge in [0.05, 0.1) is 11.6 Å². The van der Waals surface area contributed by atoms with E-state index in [1.54, 1.807) is 7.05 Å². The molecule has 6 nitrogen and oxygen atoms in total. The van der Waals surface area contributed by atoms with Gasteiger partial charge in [-0.1, -0.05) is 0 Å². The molecule has 0 radical (unpaired) electrons. The van der Waals surface area contributed by atoms with E-state index in [4.69, 9.17) is 0 Å². The van der Waals surface area contributed by atoms with Gasteiger partial charge in [-0.2, -0.15) is 5.10 Å². The van der Waals surface area contributed by atoms with E-state index in [9.17, 15) is 4.79 Å². The second kappa shape index (κ2) is 7.04. The van der Waals surface area contributed by atoms with E-state index >= 15 is 0 Å². The Morgan fingerprint density at radius 3 is 2.86 bits per heavy atom. The Kier molecular flexibility index (Phi) is 5.36. The number of nitrogens with zero attached hydrogens (tertiary/aromatic N) is 4. The average molecular weight is 293 g/mol. The largest absolute Gasteiger partial charge is 0.359 e. The van der Waals surface area contributed by atoms with Crippen molar-refractivity contribution >= 4 is 5.91 Å². The first kappa shape index (κ1) is 16.0. The lowest BCUT2D eigenvalue weighted by Gasteiger charge is -2.23. The summed E-state index contributed by atoms with van der Waals surface area (Å²) in [5.74, 6) is 0.157. The maximum Gasteiger partial charge on any atom is 0.225 e. The summed E-state index contributed by atoms with van der Waals surface area (Å²) in [6.07, 6.45) is 1.86. The second-order valence-corrected chi connectivity index (χ2v) is 6.17. The first-order valence-corrected chi connectivity index (χ1v) is 7.66. The van der Waals surface area contributed by atoms with E-state index in [-0.39, 0.29) is 11.8 Å². The molecule has 2 heterocycles. The molecule has 21 heavy (non-hydrogen) atoms. The third-order valence-corrected chi connectivity index (χ3v) is 4.05. The number of hydrogen-bond donors (Lipinski definition) is 1. The SMILES string of the molecule is CNC(=O)[C@@H]1CN(C)CCN(Cc2ccnn2C(C)C)C1. The van der Waals surface area contributed by atoms with E-state index in [0.29, 0.717) is 6.04 Å². The second-order valence-electron chi connectivity index (χ2n) is 6.17. The Bertz CT molecular complexity index is 470. The van der Waals surface area contributed by atoms with Crippen molar-refractivity contribution in [1.82, 2.24) is 24.9 Å². The predicted molar refractivity (Wildman–Crippen MR) is 82.9 cm³/mol. The molecule has 1 fully saturated rings. The van der Waals surface area contributed by atoms with Crippen LogP contribution in [0.25, 0.3) is 0 Å². The zero-order valence-electron chi connectivity index (χ0n) is 13.5. The van der Waals surface area contributed by atoms with Gasteiger partial charge in [-0.25, -0.2) is 0 Å². The highest BCUT2D eigenvalue weighted by molar-refractivity contribution is 5.78. The molecule has 0 aromatic carbocycles. The van der Waals surface area contributed by atoms with Crippen molar-refractivity contribution in [3.05, 3.63) is 18.0 Å². The van der Waals surface area contributed by atoms with Crippen LogP contribution in [0.1, 0.15) is 25.6 Å². The Hall–Kier alpha value is -1.40. The molecular weight excluding hydrogens is 266 g/mol. The minimum absolute atomic E-state index is 0.0259. The highest BCUT2D eigenvalue weighted by Crippen LogP contribution is 2.14. The molecule has 0 unspecified atom stereocenters. The fourth-order valence-electron chi connectivity index (χ4n) is 2.91. The minimum atomic E-state index is 0.0259.